The van der Waals surface area contributed by atoms with Crippen molar-refractivity contribution >= 4 is 5.97 Å². The summed E-state index contributed by atoms with van der Waals surface area (Å²) in [5.41, 5.74) is 0. The van der Waals surface area contributed by atoms with Crippen LogP contribution in [0.1, 0.15) is 25.7 Å². The summed E-state index contributed by atoms with van der Waals surface area (Å²) < 4.78 is 0. The normalized spacial score (nSPS) is 54.9. The number of aliphatic hydroxyl groups excluding tert-OH is 1. The predicted molar refractivity (Wildman–Crippen MR) is 46.9 cm³/mol. The molecule has 1 N–H and O–H groups in total. The molecule has 4 fully saturated rings. The van der Waals surface area contributed by atoms with Crippen LogP contribution in [0.25, 0.3) is 0 Å². The van der Waals surface area contributed by atoms with E-state index in [0.717, 1.165) is 25.7 Å². The molecule has 3 nitrogen and oxygen atoms in total. The van der Waals surface area contributed by atoms with Gasteiger partial charge in [-0.15, -0.1) is 0 Å². The Labute approximate surface area is 83.1 Å². The molecule has 0 heterocycles. The second kappa shape index (κ2) is 2.72. The lowest BCUT2D eigenvalue weighted by molar-refractivity contribution is -0.322. The van der Waals surface area contributed by atoms with Crippen LogP contribution in [0.3, 0.4) is 0 Å². The Morgan fingerprint density at radius 1 is 1.14 bits per heavy atom. The Hall–Kier alpha value is -0.570. The number of carboxylic acids is 1. The van der Waals surface area contributed by atoms with Gasteiger partial charge in [-0.05, 0) is 49.4 Å². The molecule has 6 atom stereocenters. The maximum atomic E-state index is 11.0. The molecule has 0 amide bonds. The molecule has 3 heteroatoms. The van der Waals surface area contributed by atoms with Crippen molar-refractivity contribution in [3.8, 4) is 0 Å². The number of carboxylic acid groups (broad SMARTS) is 1. The number of hydrogen-bond donors (Lipinski definition) is 1. The Balaban J connectivity index is 1.93. The van der Waals surface area contributed by atoms with Crippen molar-refractivity contribution in [2.45, 2.75) is 31.8 Å². The lowest BCUT2D eigenvalue weighted by Crippen LogP contribution is -2.57. The lowest BCUT2D eigenvalue weighted by atomic mass is 9.50. The summed E-state index contributed by atoms with van der Waals surface area (Å²) in [4.78, 5) is 11.0. The lowest BCUT2D eigenvalue weighted by Gasteiger charge is -2.57. The van der Waals surface area contributed by atoms with Crippen LogP contribution in [0.4, 0.5) is 0 Å². The molecule has 0 aliphatic heterocycles. The van der Waals surface area contributed by atoms with Crippen LogP contribution in [0.15, 0.2) is 0 Å². The van der Waals surface area contributed by atoms with Crippen LogP contribution in [0.5, 0.6) is 0 Å². The number of aliphatic hydroxyl groups is 1. The van der Waals surface area contributed by atoms with Gasteiger partial charge < -0.3 is 15.0 Å². The summed E-state index contributed by atoms with van der Waals surface area (Å²) in [6.07, 6.45) is 3.62. The minimum absolute atomic E-state index is 0.00347. The van der Waals surface area contributed by atoms with E-state index in [4.69, 9.17) is 0 Å². The maximum Gasteiger partial charge on any atom is 0.0603 e. The van der Waals surface area contributed by atoms with E-state index < -0.39 is 5.97 Å². The first-order chi connectivity index (χ1) is 6.66. The van der Waals surface area contributed by atoms with Crippen LogP contribution in [0, 0.1) is 29.6 Å². The highest BCUT2D eigenvalue weighted by atomic mass is 16.4. The molecule has 0 spiro atoms. The molecule has 14 heavy (non-hydrogen) atoms. The molecule has 0 aromatic heterocycles. The number of rotatable bonds is 1. The minimum atomic E-state index is -0.933. The highest BCUT2D eigenvalue weighted by molar-refractivity contribution is 5.69. The van der Waals surface area contributed by atoms with E-state index in [1.165, 1.54) is 0 Å². The first-order valence-corrected chi connectivity index (χ1v) is 5.55. The molecule has 78 valence electrons. The van der Waals surface area contributed by atoms with E-state index in [2.05, 4.69) is 0 Å². The van der Waals surface area contributed by atoms with Gasteiger partial charge in [0.05, 0.1) is 6.10 Å². The average Bonchev–Trinajstić information content (AvgIpc) is 2.12. The molecule has 0 aromatic rings. The third-order valence-electron chi connectivity index (χ3n) is 4.65. The number of aliphatic carboxylic acids is 1. The Kier molecular flexibility index (Phi) is 1.69. The van der Waals surface area contributed by atoms with E-state index in [1.54, 1.807) is 0 Å². The fourth-order valence-corrected chi connectivity index (χ4v) is 4.25. The predicted octanol–water partition coefficient (Wildman–Crippen LogP) is -0.221. The topological polar surface area (TPSA) is 60.4 Å². The van der Waals surface area contributed by atoms with Gasteiger partial charge in [0.25, 0.3) is 0 Å². The van der Waals surface area contributed by atoms with Gasteiger partial charge in [-0.2, -0.15) is 0 Å². The molecule has 0 radical (unpaired) electrons. The summed E-state index contributed by atoms with van der Waals surface area (Å²) in [6, 6.07) is 0. The summed E-state index contributed by atoms with van der Waals surface area (Å²) >= 11 is 0. The van der Waals surface area contributed by atoms with Crippen molar-refractivity contribution in [3.63, 3.8) is 0 Å². The monoisotopic (exact) mass is 195 g/mol. The minimum Gasteiger partial charge on any atom is -0.550 e. The molecular weight excluding hydrogens is 180 g/mol. The molecule has 0 saturated heterocycles. The van der Waals surface area contributed by atoms with Crippen molar-refractivity contribution in [1.29, 1.82) is 0 Å². The zero-order valence-corrected chi connectivity index (χ0v) is 8.06. The molecule has 4 rings (SSSR count). The van der Waals surface area contributed by atoms with Crippen LogP contribution < -0.4 is 5.11 Å². The van der Waals surface area contributed by atoms with Gasteiger partial charge in [-0.25, -0.2) is 0 Å². The van der Waals surface area contributed by atoms with Crippen molar-refractivity contribution in [1.82, 2.24) is 0 Å². The van der Waals surface area contributed by atoms with Gasteiger partial charge in [0.15, 0.2) is 0 Å². The van der Waals surface area contributed by atoms with Crippen LogP contribution in [-0.4, -0.2) is 17.2 Å². The first kappa shape index (κ1) is 8.72. The van der Waals surface area contributed by atoms with E-state index >= 15 is 0 Å². The second-order valence-electron chi connectivity index (χ2n) is 5.33. The standard InChI is InChI=1S/C11H16O3/c12-10-7-2-5-1-6(4-7)9(11(13)14)8(10)3-5/h5-10,12H,1-4H2,(H,13,14)/p-1/t5-,6-,7-,8-,9-,10+/m1/s1. The molecule has 0 unspecified atom stereocenters. The second-order valence-corrected chi connectivity index (χ2v) is 5.33. The smallest absolute Gasteiger partial charge is 0.0603 e. The molecule has 0 aromatic carbocycles. The highest BCUT2D eigenvalue weighted by Crippen LogP contribution is 2.56. The molecular formula is C11H15O3-. The van der Waals surface area contributed by atoms with Crippen LogP contribution in [-0.2, 0) is 4.79 Å². The zero-order valence-electron chi connectivity index (χ0n) is 8.06. The number of hydrogen-bond acceptors (Lipinski definition) is 3. The highest BCUT2D eigenvalue weighted by Gasteiger charge is 2.53. The molecule has 4 bridgehead atoms. The van der Waals surface area contributed by atoms with E-state index in [0.29, 0.717) is 17.8 Å². The third-order valence-corrected chi connectivity index (χ3v) is 4.65. The van der Waals surface area contributed by atoms with Crippen molar-refractivity contribution in [3.05, 3.63) is 0 Å². The SMILES string of the molecule is O=C([O-])[C@@H]1[C@@H]2C[C@@H]3C[C@H](C2)[C@H](O)[C@@H]1C3. The number of carbonyl (C=O) groups is 1. The van der Waals surface area contributed by atoms with E-state index in [-0.39, 0.29) is 17.9 Å². The van der Waals surface area contributed by atoms with Gasteiger partial charge in [0.2, 0.25) is 0 Å². The van der Waals surface area contributed by atoms with Gasteiger partial charge in [0, 0.05) is 11.9 Å². The van der Waals surface area contributed by atoms with Crippen LogP contribution >= 0.6 is 0 Å². The van der Waals surface area contributed by atoms with Crippen molar-refractivity contribution < 1.29 is 15.0 Å². The van der Waals surface area contributed by atoms with E-state index in [9.17, 15) is 15.0 Å². The Morgan fingerprint density at radius 2 is 1.86 bits per heavy atom. The molecule has 4 aliphatic rings. The third kappa shape index (κ3) is 0.991. The van der Waals surface area contributed by atoms with Crippen molar-refractivity contribution in [2.75, 3.05) is 0 Å². The van der Waals surface area contributed by atoms with Gasteiger partial charge >= 0.3 is 0 Å². The molecule has 4 saturated carbocycles. The average molecular weight is 195 g/mol. The summed E-state index contributed by atoms with van der Waals surface area (Å²) in [7, 11) is 0. The van der Waals surface area contributed by atoms with Gasteiger partial charge in [-0.3, -0.25) is 0 Å². The van der Waals surface area contributed by atoms with Crippen molar-refractivity contribution in [2.24, 2.45) is 29.6 Å². The summed E-state index contributed by atoms with van der Waals surface area (Å²) in [6.45, 7) is 0. The van der Waals surface area contributed by atoms with E-state index in [1.807, 2.05) is 0 Å². The first-order valence-electron chi connectivity index (χ1n) is 5.55. The summed E-state index contributed by atoms with van der Waals surface area (Å²) in [5.74, 6) is 0.0636. The van der Waals surface area contributed by atoms with Crippen LogP contribution in [0.2, 0.25) is 0 Å². The fraction of sp³-hybridized carbons (Fsp3) is 0.909. The Bertz CT molecular complexity index is 276. The largest absolute Gasteiger partial charge is 0.550 e. The Morgan fingerprint density at radius 3 is 2.57 bits per heavy atom. The quantitative estimate of drug-likeness (QED) is 0.629. The number of carbonyl (C=O) groups excluding carboxylic acids is 1. The maximum absolute atomic E-state index is 11.0. The molecule has 4 aliphatic carbocycles. The zero-order chi connectivity index (χ0) is 9.87. The van der Waals surface area contributed by atoms with Gasteiger partial charge in [-0.1, -0.05) is 0 Å². The fourth-order valence-electron chi connectivity index (χ4n) is 4.25. The van der Waals surface area contributed by atoms with Gasteiger partial charge in [0.1, 0.15) is 0 Å². The summed E-state index contributed by atoms with van der Waals surface area (Å²) in [5, 5.41) is 21.0.